The molecule has 13 rings (SSSR count). The molecule has 69 heavy (non-hydrogen) atoms. The summed E-state index contributed by atoms with van der Waals surface area (Å²) in [5, 5.41) is 4.76. The largest absolute Gasteiger partial charge is 0.455 e. The van der Waals surface area contributed by atoms with E-state index in [0.29, 0.717) is 0 Å². The Morgan fingerprint density at radius 2 is 0.739 bits per heavy atom. The van der Waals surface area contributed by atoms with Crippen LogP contribution in [0.5, 0.6) is 0 Å². The smallest absolute Gasteiger partial charge is 0.143 e. The van der Waals surface area contributed by atoms with Gasteiger partial charge >= 0.3 is 0 Å². The minimum absolute atomic E-state index is 0.895. The quantitative estimate of drug-likeness (QED) is 0.144. The Bertz CT molecular complexity index is 3940. The molecule has 11 aromatic carbocycles. The first-order valence-corrected chi connectivity index (χ1v) is 23.6. The van der Waals surface area contributed by atoms with Crippen LogP contribution in [0.15, 0.2) is 271 Å². The molecule has 0 amide bonds. The van der Waals surface area contributed by atoms with Gasteiger partial charge in [-0.15, -0.1) is 0 Å². The second-order valence-electron chi connectivity index (χ2n) is 17.7. The lowest BCUT2D eigenvalue weighted by Crippen LogP contribution is -2.10. The summed E-state index contributed by atoms with van der Waals surface area (Å²) in [6.07, 6.45) is 0. The Hall–Kier alpha value is -9.18. The highest BCUT2D eigenvalue weighted by molar-refractivity contribution is 6.11. The van der Waals surface area contributed by atoms with Gasteiger partial charge in [0.1, 0.15) is 11.2 Å². The van der Waals surface area contributed by atoms with Gasteiger partial charge in [0.25, 0.3) is 0 Å². The molecule has 13 aromatic rings. The fourth-order valence-corrected chi connectivity index (χ4v) is 10.3. The fourth-order valence-electron chi connectivity index (χ4n) is 10.3. The van der Waals surface area contributed by atoms with Crippen LogP contribution in [-0.4, -0.2) is 4.57 Å². The summed E-state index contributed by atoms with van der Waals surface area (Å²) >= 11 is 0. The van der Waals surface area contributed by atoms with E-state index in [2.05, 4.69) is 264 Å². The Morgan fingerprint density at radius 1 is 0.275 bits per heavy atom. The lowest BCUT2D eigenvalue weighted by Gasteiger charge is -2.26. The molecule has 0 bridgehead atoms. The zero-order chi connectivity index (χ0) is 45.7. The molecular weight excluding hydrogens is 837 g/mol. The summed E-state index contributed by atoms with van der Waals surface area (Å²) in [7, 11) is 0. The van der Waals surface area contributed by atoms with Gasteiger partial charge in [-0.05, 0) is 111 Å². The maximum absolute atomic E-state index is 6.53. The molecule has 0 aliphatic heterocycles. The normalized spacial score (nSPS) is 11.5. The van der Waals surface area contributed by atoms with Crippen LogP contribution in [0.1, 0.15) is 0 Å². The molecule has 0 aliphatic carbocycles. The summed E-state index contributed by atoms with van der Waals surface area (Å²) in [5.74, 6) is 0. The van der Waals surface area contributed by atoms with Crippen LogP contribution >= 0.6 is 0 Å². The van der Waals surface area contributed by atoms with E-state index in [4.69, 9.17) is 4.42 Å². The number of anilines is 3. The predicted molar refractivity (Wildman–Crippen MR) is 290 cm³/mol. The monoisotopic (exact) mass is 880 g/mol. The van der Waals surface area contributed by atoms with Crippen LogP contribution in [0.2, 0.25) is 0 Å². The molecule has 0 fully saturated rings. The highest BCUT2D eigenvalue weighted by Crippen LogP contribution is 2.42. The molecule has 0 radical (unpaired) electrons. The van der Waals surface area contributed by atoms with E-state index in [9.17, 15) is 0 Å². The van der Waals surface area contributed by atoms with Gasteiger partial charge in [0.15, 0.2) is 0 Å². The summed E-state index contributed by atoms with van der Waals surface area (Å²) in [4.78, 5) is 2.35. The second kappa shape index (κ2) is 16.9. The zero-order valence-electron chi connectivity index (χ0n) is 37.7. The third-order valence-electron chi connectivity index (χ3n) is 13.6. The lowest BCUT2D eigenvalue weighted by molar-refractivity contribution is 0.670. The van der Waals surface area contributed by atoms with Crippen LogP contribution in [0.25, 0.3) is 105 Å². The predicted octanol–water partition coefficient (Wildman–Crippen LogP) is 18.5. The van der Waals surface area contributed by atoms with Crippen molar-refractivity contribution in [2.45, 2.75) is 0 Å². The summed E-state index contributed by atoms with van der Waals surface area (Å²) < 4.78 is 8.93. The Labute approximate surface area is 401 Å². The molecule has 0 saturated carbocycles. The standard InChI is InChI=1S/C66H44N2O/c1-2-15-45(16-3-1)50-17-12-18-51(43-50)48-37-41-54(42-38-48)67(55-20-13-19-52(44-55)57-25-14-26-61-60-24-7-11-30-65(60)69-66(57)61)53-39-35-47(36-40-53)46-31-33-49(34-32-46)56-21-4-8-27-62(56)68-63-28-9-5-22-58(63)59-23-6-10-29-64(59)68/h1-44H. The van der Waals surface area contributed by atoms with E-state index in [1.54, 1.807) is 0 Å². The Morgan fingerprint density at radius 3 is 1.43 bits per heavy atom. The Balaban J connectivity index is 0.862. The summed E-state index contributed by atoms with van der Waals surface area (Å²) in [6.45, 7) is 0. The van der Waals surface area contributed by atoms with E-state index in [1.165, 1.54) is 60.9 Å². The average Bonchev–Trinajstić information content (AvgIpc) is 3.98. The molecule has 324 valence electrons. The van der Waals surface area contributed by atoms with E-state index < -0.39 is 0 Å². The highest BCUT2D eigenvalue weighted by atomic mass is 16.3. The number of hydrogen-bond donors (Lipinski definition) is 0. The Kier molecular flexibility index (Phi) is 9.84. The van der Waals surface area contributed by atoms with Gasteiger partial charge in [0, 0.05) is 49.7 Å². The van der Waals surface area contributed by atoms with Crippen LogP contribution in [0.3, 0.4) is 0 Å². The third kappa shape index (κ3) is 7.16. The zero-order valence-corrected chi connectivity index (χ0v) is 37.7. The number of nitrogens with zero attached hydrogens (tertiary/aromatic N) is 2. The van der Waals surface area contributed by atoms with Crippen LogP contribution < -0.4 is 4.90 Å². The number of para-hydroxylation sites is 5. The van der Waals surface area contributed by atoms with Gasteiger partial charge < -0.3 is 13.9 Å². The topological polar surface area (TPSA) is 21.3 Å². The van der Waals surface area contributed by atoms with Gasteiger partial charge in [-0.1, -0.05) is 200 Å². The van der Waals surface area contributed by atoms with Crippen molar-refractivity contribution in [3.63, 3.8) is 0 Å². The first-order valence-electron chi connectivity index (χ1n) is 23.6. The minimum Gasteiger partial charge on any atom is -0.455 e. The van der Waals surface area contributed by atoms with Gasteiger partial charge in [-0.2, -0.15) is 0 Å². The van der Waals surface area contributed by atoms with Gasteiger partial charge in [-0.3, -0.25) is 0 Å². The van der Waals surface area contributed by atoms with Gasteiger partial charge in [-0.25, -0.2) is 0 Å². The molecule has 0 unspecified atom stereocenters. The van der Waals surface area contributed by atoms with Crippen molar-refractivity contribution in [1.29, 1.82) is 0 Å². The maximum atomic E-state index is 6.53. The molecule has 3 heteroatoms. The molecule has 0 N–H and O–H groups in total. The third-order valence-corrected chi connectivity index (χ3v) is 13.6. The number of furan rings is 1. The molecule has 2 heterocycles. The average molecular weight is 881 g/mol. The number of fused-ring (bicyclic) bond motifs is 6. The summed E-state index contributed by atoms with van der Waals surface area (Å²) in [5.41, 5.74) is 20.1. The van der Waals surface area contributed by atoms with Crippen molar-refractivity contribution in [3.8, 4) is 61.3 Å². The van der Waals surface area contributed by atoms with Crippen LogP contribution in [0.4, 0.5) is 17.1 Å². The van der Waals surface area contributed by atoms with Crippen molar-refractivity contribution < 1.29 is 4.42 Å². The van der Waals surface area contributed by atoms with Gasteiger partial charge in [0.05, 0.1) is 16.7 Å². The highest BCUT2D eigenvalue weighted by Gasteiger charge is 2.19. The summed E-state index contributed by atoms with van der Waals surface area (Å²) in [6, 6.07) is 96.0. The second-order valence-corrected chi connectivity index (χ2v) is 17.7. The molecule has 0 spiro atoms. The van der Waals surface area contributed by atoms with Crippen molar-refractivity contribution in [1.82, 2.24) is 4.57 Å². The first-order chi connectivity index (χ1) is 34.2. The van der Waals surface area contributed by atoms with E-state index >= 15 is 0 Å². The van der Waals surface area contributed by atoms with Crippen LogP contribution in [0, 0.1) is 0 Å². The van der Waals surface area contributed by atoms with Crippen LogP contribution in [-0.2, 0) is 0 Å². The van der Waals surface area contributed by atoms with E-state index in [-0.39, 0.29) is 0 Å². The van der Waals surface area contributed by atoms with Gasteiger partial charge in [0.2, 0.25) is 0 Å². The van der Waals surface area contributed by atoms with E-state index in [1.807, 2.05) is 12.1 Å². The molecule has 3 nitrogen and oxygen atoms in total. The SMILES string of the molecule is c1ccc(-c2cccc(-c3ccc(N(c4ccc(-c5ccc(-c6ccccc6-n6c7ccccc7c7ccccc76)cc5)cc4)c4cccc(-c5cccc6c5oc5ccccc56)c4)cc3)c2)cc1. The van der Waals surface area contributed by atoms with Crippen molar-refractivity contribution in [2.24, 2.45) is 0 Å². The molecule has 0 aliphatic rings. The molecular formula is C66H44N2O. The van der Waals surface area contributed by atoms with Crippen molar-refractivity contribution in [2.75, 3.05) is 4.90 Å². The van der Waals surface area contributed by atoms with Crippen molar-refractivity contribution >= 4 is 60.8 Å². The molecule has 0 atom stereocenters. The molecule has 2 aromatic heterocycles. The van der Waals surface area contributed by atoms with E-state index in [0.717, 1.165) is 61.3 Å². The molecule has 0 saturated heterocycles. The number of rotatable bonds is 9. The van der Waals surface area contributed by atoms with Crippen molar-refractivity contribution in [3.05, 3.63) is 267 Å². The number of hydrogen-bond acceptors (Lipinski definition) is 2. The number of aromatic nitrogens is 1. The maximum Gasteiger partial charge on any atom is 0.143 e. The minimum atomic E-state index is 0.895. The first kappa shape index (κ1) is 40.1. The number of benzene rings is 11. The lowest BCUT2D eigenvalue weighted by atomic mass is 9.98. The fraction of sp³-hybridized carbons (Fsp3) is 0.